The van der Waals surface area contributed by atoms with Crippen LogP contribution in [0, 0.1) is 13.8 Å². The topological polar surface area (TPSA) is 33.7 Å². The summed E-state index contributed by atoms with van der Waals surface area (Å²) in [6.07, 6.45) is 2.58. The Labute approximate surface area is 163 Å². The van der Waals surface area contributed by atoms with Crippen molar-refractivity contribution in [1.29, 1.82) is 0 Å². The van der Waals surface area contributed by atoms with Crippen molar-refractivity contribution in [2.45, 2.75) is 39.3 Å². The number of hydrogen-bond acceptors (Lipinski definition) is 4. The Kier molecular flexibility index (Phi) is 6.75. The summed E-state index contributed by atoms with van der Waals surface area (Å²) in [4.78, 5) is 2.59. The van der Waals surface area contributed by atoms with Gasteiger partial charge in [-0.1, -0.05) is 24.3 Å². The number of hydrogen-bond donors (Lipinski definition) is 1. The number of nitrogens with zero attached hydrogens (tertiary/aromatic N) is 1. The van der Waals surface area contributed by atoms with Crippen LogP contribution in [0.15, 0.2) is 36.4 Å². The summed E-state index contributed by atoms with van der Waals surface area (Å²) >= 11 is 0. The molecule has 146 valence electrons. The third-order valence-corrected chi connectivity index (χ3v) is 5.45. The van der Waals surface area contributed by atoms with E-state index in [0.717, 1.165) is 24.6 Å². The molecule has 1 fully saturated rings. The molecule has 0 amide bonds. The molecule has 1 atom stereocenters. The molecule has 0 aliphatic carbocycles. The second kappa shape index (κ2) is 9.25. The van der Waals surface area contributed by atoms with E-state index >= 15 is 0 Å². The van der Waals surface area contributed by atoms with Gasteiger partial charge < -0.3 is 14.8 Å². The van der Waals surface area contributed by atoms with E-state index in [4.69, 9.17) is 9.47 Å². The fourth-order valence-electron chi connectivity index (χ4n) is 4.18. The van der Waals surface area contributed by atoms with Crippen molar-refractivity contribution in [3.63, 3.8) is 0 Å². The number of nitrogens with one attached hydrogen (secondary N) is 1. The van der Waals surface area contributed by atoms with Crippen LogP contribution >= 0.6 is 0 Å². The van der Waals surface area contributed by atoms with Gasteiger partial charge in [-0.25, -0.2) is 0 Å². The fourth-order valence-corrected chi connectivity index (χ4v) is 4.18. The Morgan fingerprint density at radius 1 is 1.00 bits per heavy atom. The largest absolute Gasteiger partial charge is 0.497 e. The van der Waals surface area contributed by atoms with E-state index < -0.39 is 0 Å². The van der Waals surface area contributed by atoms with Crippen LogP contribution in [-0.4, -0.2) is 38.8 Å². The van der Waals surface area contributed by atoms with Gasteiger partial charge in [-0.15, -0.1) is 0 Å². The first-order chi connectivity index (χ1) is 13.1. The normalized spacial score (nSPS) is 15.7. The maximum Gasteiger partial charge on any atom is 0.124 e. The van der Waals surface area contributed by atoms with Crippen LogP contribution in [-0.2, 0) is 6.54 Å². The van der Waals surface area contributed by atoms with E-state index in [0.29, 0.717) is 6.04 Å². The number of ether oxygens (including phenoxy) is 2. The quantitative estimate of drug-likeness (QED) is 0.755. The molecular formula is C23H32N2O2. The SMILES string of the molecule is COc1cccc(C(CNCc2cc(C)c(OC)c(C)c2)N2CCCC2)c1. The zero-order chi connectivity index (χ0) is 19.2. The van der Waals surface area contributed by atoms with Gasteiger partial charge in [0.1, 0.15) is 11.5 Å². The zero-order valence-electron chi connectivity index (χ0n) is 17.0. The second-order valence-electron chi connectivity index (χ2n) is 7.43. The first-order valence-corrected chi connectivity index (χ1v) is 9.85. The van der Waals surface area contributed by atoms with Gasteiger partial charge in [0.2, 0.25) is 0 Å². The minimum atomic E-state index is 0.378. The molecule has 0 bridgehead atoms. The predicted octanol–water partition coefficient (Wildman–Crippen LogP) is 4.25. The molecule has 0 spiro atoms. The van der Waals surface area contributed by atoms with Gasteiger partial charge in [0.15, 0.2) is 0 Å². The van der Waals surface area contributed by atoms with Gasteiger partial charge in [-0.05, 0) is 74.2 Å². The molecular weight excluding hydrogens is 336 g/mol. The molecule has 1 N–H and O–H groups in total. The summed E-state index contributed by atoms with van der Waals surface area (Å²) in [6, 6.07) is 13.3. The maximum absolute atomic E-state index is 5.48. The van der Waals surface area contributed by atoms with Gasteiger partial charge in [-0.3, -0.25) is 4.90 Å². The summed E-state index contributed by atoms with van der Waals surface area (Å²) in [5.41, 5.74) is 5.01. The number of rotatable bonds is 8. The predicted molar refractivity (Wildman–Crippen MR) is 111 cm³/mol. The molecule has 0 radical (unpaired) electrons. The van der Waals surface area contributed by atoms with Crippen molar-refractivity contribution in [2.75, 3.05) is 33.9 Å². The van der Waals surface area contributed by atoms with Crippen LogP contribution in [0.25, 0.3) is 0 Å². The van der Waals surface area contributed by atoms with E-state index in [1.165, 1.54) is 48.2 Å². The lowest BCUT2D eigenvalue weighted by molar-refractivity contribution is 0.238. The first kappa shape index (κ1) is 19.7. The van der Waals surface area contributed by atoms with Gasteiger partial charge in [0.05, 0.1) is 14.2 Å². The lowest BCUT2D eigenvalue weighted by atomic mass is 10.0. The molecule has 1 aliphatic heterocycles. The molecule has 1 saturated heterocycles. The Balaban J connectivity index is 1.70. The van der Waals surface area contributed by atoms with Gasteiger partial charge >= 0.3 is 0 Å². The molecule has 4 heteroatoms. The van der Waals surface area contributed by atoms with Crippen molar-refractivity contribution in [1.82, 2.24) is 10.2 Å². The number of methoxy groups -OCH3 is 2. The molecule has 2 aromatic carbocycles. The minimum Gasteiger partial charge on any atom is -0.497 e. The lowest BCUT2D eigenvalue weighted by Crippen LogP contribution is -2.34. The van der Waals surface area contributed by atoms with Gasteiger partial charge in [0, 0.05) is 19.1 Å². The van der Waals surface area contributed by atoms with E-state index in [1.54, 1.807) is 14.2 Å². The van der Waals surface area contributed by atoms with Crippen molar-refractivity contribution < 1.29 is 9.47 Å². The first-order valence-electron chi connectivity index (χ1n) is 9.85. The van der Waals surface area contributed by atoms with E-state index in [1.807, 2.05) is 6.07 Å². The molecule has 4 nitrogen and oxygen atoms in total. The van der Waals surface area contributed by atoms with Crippen LogP contribution < -0.4 is 14.8 Å². The van der Waals surface area contributed by atoms with Crippen molar-refractivity contribution in [3.8, 4) is 11.5 Å². The van der Waals surface area contributed by atoms with E-state index in [-0.39, 0.29) is 0 Å². The zero-order valence-corrected chi connectivity index (χ0v) is 17.0. The minimum absolute atomic E-state index is 0.378. The smallest absolute Gasteiger partial charge is 0.124 e. The van der Waals surface area contributed by atoms with Crippen LogP contribution in [0.2, 0.25) is 0 Å². The average molecular weight is 369 g/mol. The van der Waals surface area contributed by atoms with Crippen LogP contribution in [0.1, 0.15) is 41.1 Å². The van der Waals surface area contributed by atoms with Crippen molar-refractivity contribution in [3.05, 3.63) is 58.7 Å². The van der Waals surface area contributed by atoms with E-state index in [9.17, 15) is 0 Å². The molecule has 1 unspecified atom stereocenters. The highest BCUT2D eigenvalue weighted by atomic mass is 16.5. The molecule has 2 aromatic rings. The summed E-state index contributed by atoms with van der Waals surface area (Å²) < 4.78 is 10.9. The molecule has 0 saturated carbocycles. The summed E-state index contributed by atoms with van der Waals surface area (Å²) in [6.45, 7) is 8.35. The number of aryl methyl sites for hydroxylation is 2. The van der Waals surface area contributed by atoms with Crippen molar-refractivity contribution >= 4 is 0 Å². The van der Waals surface area contributed by atoms with Crippen molar-refractivity contribution in [2.24, 2.45) is 0 Å². The third-order valence-electron chi connectivity index (χ3n) is 5.45. The molecule has 1 heterocycles. The Hall–Kier alpha value is -2.04. The van der Waals surface area contributed by atoms with E-state index in [2.05, 4.69) is 54.4 Å². The Morgan fingerprint density at radius 3 is 2.33 bits per heavy atom. The third kappa shape index (κ3) is 4.82. The molecule has 0 aromatic heterocycles. The highest BCUT2D eigenvalue weighted by Gasteiger charge is 2.23. The molecule has 27 heavy (non-hydrogen) atoms. The number of likely N-dealkylation sites (tertiary alicyclic amines) is 1. The fraction of sp³-hybridized carbons (Fsp3) is 0.478. The highest BCUT2D eigenvalue weighted by molar-refractivity contribution is 5.43. The standard InChI is InChI=1S/C23H32N2O2/c1-17-12-19(13-18(2)23(17)27-4)15-24-16-22(25-10-5-6-11-25)20-8-7-9-21(14-20)26-3/h7-9,12-14,22,24H,5-6,10-11,15-16H2,1-4H3. The van der Waals surface area contributed by atoms with Crippen LogP contribution in [0.5, 0.6) is 11.5 Å². The number of benzene rings is 2. The summed E-state index contributed by atoms with van der Waals surface area (Å²) in [5.74, 6) is 1.92. The summed E-state index contributed by atoms with van der Waals surface area (Å²) in [5, 5.41) is 3.68. The Bertz CT molecular complexity index is 731. The molecule has 3 rings (SSSR count). The summed E-state index contributed by atoms with van der Waals surface area (Å²) in [7, 11) is 3.47. The molecule has 1 aliphatic rings. The average Bonchev–Trinajstić information content (AvgIpc) is 3.19. The van der Waals surface area contributed by atoms with Crippen LogP contribution in [0.3, 0.4) is 0 Å². The monoisotopic (exact) mass is 368 g/mol. The lowest BCUT2D eigenvalue weighted by Gasteiger charge is -2.28. The second-order valence-corrected chi connectivity index (χ2v) is 7.43. The Morgan fingerprint density at radius 2 is 1.70 bits per heavy atom. The van der Waals surface area contributed by atoms with Crippen LogP contribution in [0.4, 0.5) is 0 Å². The van der Waals surface area contributed by atoms with Gasteiger partial charge in [0.25, 0.3) is 0 Å². The highest BCUT2D eigenvalue weighted by Crippen LogP contribution is 2.28. The maximum atomic E-state index is 5.48. The van der Waals surface area contributed by atoms with Gasteiger partial charge in [-0.2, -0.15) is 0 Å².